The summed E-state index contributed by atoms with van der Waals surface area (Å²) in [5, 5.41) is 8.56. The molecule has 0 spiro atoms. The summed E-state index contributed by atoms with van der Waals surface area (Å²) in [6, 6.07) is 0.882. The van der Waals surface area contributed by atoms with Crippen molar-refractivity contribution in [1.82, 2.24) is 20.4 Å². The Labute approximate surface area is 124 Å². The number of nitrogens with one attached hydrogen (secondary N) is 1. The molecule has 0 radical (unpaired) electrons. The number of hydrogen-bond acceptors (Lipinski definition) is 6. The first-order valence-corrected chi connectivity index (χ1v) is 7.74. The van der Waals surface area contributed by atoms with Crippen molar-refractivity contribution in [3.8, 4) is 0 Å². The van der Waals surface area contributed by atoms with Gasteiger partial charge in [0.25, 0.3) is 5.71 Å². The molecular weight excluding hydrogens is 266 g/mol. The number of fused-ring (bicyclic) bond motifs is 1. The highest BCUT2D eigenvalue weighted by atomic mass is 16.5. The molecule has 1 atom stereocenters. The molecule has 1 saturated heterocycles. The molecule has 1 fully saturated rings. The molecule has 21 heavy (non-hydrogen) atoms. The van der Waals surface area contributed by atoms with Crippen LogP contribution in [0.3, 0.4) is 0 Å². The number of aryl methyl sites for hydroxylation is 1. The summed E-state index contributed by atoms with van der Waals surface area (Å²) < 4.78 is 5.27. The van der Waals surface area contributed by atoms with Crippen LogP contribution < -0.4 is 10.2 Å². The van der Waals surface area contributed by atoms with E-state index in [0.717, 1.165) is 30.0 Å². The second kappa shape index (κ2) is 5.97. The van der Waals surface area contributed by atoms with Crippen LogP contribution in [0.2, 0.25) is 0 Å². The van der Waals surface area contributed by atoms with Crippen molar-refractivity contribution in [2.24, 2.45) is 0 Å². The maximum absolute atomic E-state index is 5.27. The van der Waals surface area contributed by atoms with Gasteiger partial charge in [0, 0.05) is 18.6 Å². The van der Waals surface area contributed by atoms with E-state index >= 15 is 0 Å². The van der Waals surface area contributed by atoms with E-state index in [4.69, 9.17) is 4.52 Å². The fraction of sp³-hybridized carbons (Fsp3) is 0.667. The van der Waals surface area contributed by atoms with Gasteiger partial charge in [0.05, 0.1) is 5.69 Å². The number of hydrogen-bond donors (Lipinski definition) is 1. The summed E-state index contributed by atoms with van der Waals surface area (Å²) in [5.41, 5.74) is 1.42. The van der Waals surface area contributed by atoms with Gasteiger partial charge in [-0.05, 0) is 40.2 Å². The van der Waals surface area contributed by atoms with Crippen LogP contribution in [0.25, 0.3) is 11.1 Å². The van der Waals surface area contributed by atoms with E-state index in [1.807, 2.05) is 6.92 Å². The maximum Gasteiger partial charge on any atom is 0.263 e. The lowest BCUT2D eigenvalue weighted by molar-refractivity contribution is 0.393. The Morgan fingerprint density at radius 1 is 1.38 bits per heavy atom. The van der Waals surface area contributed by atoms with Gasteiger partial charge in [0.1, 0.15) is 17.5 Å². The number of anilines is 1. The molecule has 114 valence electrons. The highest BCUT2D eigenvalue weighted by Gasteiger charge is 2.23. The average molecular weight is 289 g/mol. The summed E-state index contributed by atoms with van der Waals surface area (Å²) in [5.74, 6) is 0.932. The molecule has 3 rings (SSSR count). The molecule has 6 heteroatoms. The summed E-state index contributed by atoms with van der Waals surface area (Å²) in [6.07, 6.45) is 5.36. The lowest BCUT2D eigenvalue weighted by Gasteiger charge is -2.34. The number of nitrogens with zero attached hydrogens (tertiary/aromatic N) is 4. The SMILES string of the molecule is Cc1noc2ncnc(N(CC3CCCCN3)C(C)C)c12. The van der Waals surface area contributed by atoms with Crippen molar-refractivity contribution in [2.75, 3.05) is 18.0 Å². The molecule has 2 aromatic heterocycles. The van der Waals surface area contributed by atoms with Gasteiger partial charge < -0.3 is 14.7 Å². The van der Waals surface area contributed by atoms with Gasteiger partial charge in [-0.15, -0.1) is 0 Å². The van der Waals surface area contributed by atoms with Gasteiger partial charge in [0.2, 0.25) is 0 Å². The Hall–Kier alpha value is -1.69. The number of aromatic nitrogens is 3. The highest BCUT2D eigenvalue weighted by Crippen LogP contribution is 2.27. The zero-order chi connectivity index (χ0) is 14.8. The molecule has 6 nitrogen and oxygen atoms in total. The monoisotopic (exact) mass is 289 g/mol. The first kappa shape index (κ1) is 14.3. The Bertz CT molecular complexity index is 603. The van der Waals surface area contributed by atoms with E-state index in [0.29, 0.717) is 17.8 Å². The fourth-order valence-electron chi connectivity index (χ4n) is 2.98. The molecule has 1 N–H and O–H groups in total. The average Bonchev–Trinajstić information content (AvgIpc) is 2.87. The van der Waals surface area contributed by atoms with Crippen molar-refractivity contribution < 1.29 is 4.52 Å². The smallest absolute Gasteiger partial charge is 0.263 e. The van der Waals surface area contributed by atoms with Crippen molar-refractivity contribution in [2.45, 2.75) is 52.1 Å². The van der Waals surface area contributed by atoms with Crippen LogP contribution in [0.1, 0.15) is 38.8 Å². The number of piperidine rings is 1. The Kier molecular flexibility index (Phi) is 4.05. The lowest BCUT2D eigenvalue weighted by Crippen LogP contribution is -2.46. The molecule has 0 aromatic carbocycles. The number of rotatable bonds is 4. The Morgan fingerprint density at radius 3 is 2.95 bits per heavy atom. The van der Waals surface area contributed by atoms with Crippen LogP contribution >= 0.6 is 0 Å². The third-order valence-corrected chi connectivity index (χ3v) is 4.15. The third kappa shape index (κ3) is 2.85. The van der Waals surface area contributed by atoms with Crippen molar-refractivity contribution in [3.63, 3.8) is 0 Å². The standard InChI is InChI=1S/C15H23N5O/c1-10(2)20(8-12-6-4-5-7-16-12)14-13-11(3)19-21-15(13)18-9-17-14/h9-10,12,16H,4-8H2,1-3H3. The van der Waals surface area contributed by atoms with Crippen LogP contribution in [-0.4, -0.2) is 40.3 Å². The van der Waals surface area contributed by atoms with E-state index < -0.39 is 0 Å². The summed E-state index contributed by atoms with van der Waals surface area (Å²) in [7, 11) is 0. The van der Waals surface area contributed by atoms with E-state index in [2.05, 4.69) is 39.2 Å². The van der Waals surface area contributed by atoms with Gasteiger partial charge in [-0.25, -0.2) is 4.98 Å². The molecule has 3 heterocycles. The summed E-state index contributed by atoms with van der Waals surface area (Å²) >= 11 is 0. The first-order valence-electron chi connectivity index (χ1n) is 7.74. The minimum absolute atomic E-state index is 0.362. The van der Waals surface area contributed by atoms with Crippen LogP contribution in [0.15, 0.2) is 10.9 Å². The second-order valence-electron chi connectivity index (χ2n) is 6.04. The quantitative estimate of drug-likeness (QED) is 0.931. The van der Waals surface area contributed by atoms with Gasteiger partial charge in [-0.2, -0.15) is 4.98 Å². The van der Waals surface area contributed by atoms with Crippen LogP contribution in [-0.2, 0) is 0 Å². The molecular formula is C15H23N5O. The molecule has 1 aliphatic heterocycles. The molecule has 1 unspecified atom stereocenters. The van der Waals surface area contributed by atoms with Crippen molar-refractivity contribution >= 4 is 16.9 Å². The predicted octanol–water partition coefficient (Wildman–Crippen LogP) is 2.28. The van der Waals surface area contributed by atoms with Crippen LogP contribution in [0.4, 0.5) is 5.82 Å². The van der Waals surface area contributed by atoms with Gasteiger partial charge in [-0.1, -0.05) is 11.6 Å². The van der Waals surface area contributed by atoms with Crippen LogP contribution in [0.5, 0.6) is 0 Å². The zero-order valence-corrected chi connectivity index (χ0v) is 13.0. The molecule has 0 saturated carbocycles. The third-order valence-electron chi connectivity index (χ3n) is 4.15. The zero-order valence-electron chi connectivity index (χ0n) is 13.0. The van der Waals surface area contributed by atoms with Crippen LogP contribution in [0, 0.1) is 6.92 Å². The molecule has 0 aliphatic carbocycles. The topological polar surface area (TPSA) is 67.1 Å². The molecule has 0 bridgehead atoms. The van der Waals surface area contributed by atoms with E-state index in [9.17, 15) is 0 Å². The van der Waals surface area contributed by atoms with Crippen molar-refractivity contribution in [1.29, 1.82) is 0 Å². The van der Waals surface area contributed by atoms with Gasteiger partial charge in [-0.3, -0.25) is 0 Å². The normalized spacial score (nSPS) is 19.3. The van der Waals surface area contributed by atoms with E-state index in [1.165, 1.54) is 19.3 Å². The molecule has 2 aromatic rings. The van der Waals surface area contributed by atoms with E-state index in [1.54, 1.807) is 6.33 Å². The fourth-order valence-corrected chi connectivity index (χ4v) is 2.98. The Morgan fingerprint density at radius 2 is 2.24 bits per heavy atom. The summed E-state index contributed by atoms with van der Waals surface area (Å²) in [6.45, 7) is 8.39. The Balaban J connectivity index is 1.93. The second-order valence-corrected chi connectivity index (χ2v) is 6.04. The van der Waals surface area contributed by atoms with E-state index in [-0.39, 0.29) is 0 Å². The minimum atomic E-state index is 0.362. The molecule has 0 amide bonds. The lowest BCUT2D eigenvalue weighted by atomic mass is 10.0. The maximum atomic E-state index is 5.27. The van der Waals surface area contributed by atoms with Gasteiger partial charge in [0.15, 0.2) is 0 Å². The summed E-state index contributed by atoms with van der Waals surface area (Å²) in [4.78, 5) is 11.0. The van der Waals surface area contributed by atoms with Gasteiger partial charge >= 0.3 is 0 Å². The highest BCUT2D eigenvalue weighted by molar-refractivity contribution is 5.87. The molecule has 1 aliphatic rings. The van der Waals surface area contributed by atoms with Crippen molar-refractivity contribution in [3.05, 3.63) is 12.0 Å². The predicted molar refractivity (Wildman–Crippen MR) is 82.5 cm³/mol. The minimum Gasteiger partial charge on any atom is -0.352 e. The largest absolute Gasteiger partial charge is 0.352 e. The first-order chi connectivity index (χ1) is 10.2.